The summed E-state index contributed by atoms with van der Waals surface area (Å²) in [5.74, 6) is 1.75. The first-order valence-corrected chi connectivity index (χ1v) is 6.30. The van der Waals surface area contributed by atoms with Crippen molar-refractivity contribution in [3.8, 4) is 0 Å². The van der Waals surface area contributed by atoms with Crippen LogP contribution in [0.3, 0.4) is 0 Å². The number of fused-ring (bicyclic) bond motifs is 1. The molecule has 7 heteroatoms. The van der Waals surface area contributed by atoms with Crippen LogP contribution in [0.15, 0.2) is 6.33 Å². The first-order valence-electron chi connectivity index (χ1n) is 5.92. The molecule has 2 aromatic heterocycles. The van der Waals surface area contributed by atoms with Crippen LogP contribution in [0.25, 0.3) is 5.78 Å². The summed E-state index contributed by atoms with van der Waals surface area (Å²) in [6.07, 6.45) is 2.45. The highest BCUT2D eigenvalue weighted by Crippen LogP contribution is 2.29. The van der Waals surface area contributed by atoms with E-state index in [1.165, 1.54) is 6.33 Å². The van der Waals surface area contributed by atoms with Crippen molar-refractivity contribution in [1.82, 2.24) is 19.6 Å². The molecule has 2 aromatic rings. The fraction of sp³-hybridized carbons (Fsp3) is 0.545. The van der Waals surface area contributed by atoms with Crippen LogP contribution in [-0.2, 0) is 0 Å². The number of hydrogen-bond acceptors (Lipinski definition) is 5. The molecule has 3 heterocycles. The van der Waals surface area contributed by atoms with E-state index in [-0.39, 0.29) is 6.61 Å². The van der Waals surface area contributed by atoms with Crippen LogP contribution >= 0.6 is 11.6 Å². The Hall–Kier alpha value is -1.40. The van der Waals surface area contributed by atoms with Gasteiger partial charge in [0.1, 0.15) is 17.3 Å². The van der Waals surface area contributed by atoms with Crippen LogP contribution in [0.5, 0.6) is 0 Å². The van der Waals surface area contributed by atoms with Crippen LogP contribution in [0.1, 0.15) is 12.0 Å². The Bertz CT molecular complexity index is 584. The van der Waals surface area contributed by atoms with Crippen LogP contribution in [-0.4, -0.2) is 44.4 Å². The van der Waals surface area contributed by atoms with Crippen LogP contribution in [0.4, 0.5) is 5.82 Å². The summed E-state index contributed by atoms with van der Waals surface area (Å²) < 4.78 is 1.71. The van der Waals surface area contributed by atoms with Gasteiger partial charge in [0.25, 0.3) is 5.78 Å². The Kier molecular flexibility index (Phi) is 2.83. The van der Waals surface area contributed by atoms with Gasteiger partial charge in [-0.1, -0.05) is 11.6 Å². The monoisotopic (exact) mass is 267 g/mol. The molecule has 1 atom stereocenters. The van der Waals surface area contributed by atoms with Crippen molar-refractivity contribution in [3.63, 3.8) is 0 Å². The van der Waals surface area contributed by atoms with Gasteiger partial charge in [0, 0.05) is 31.2 Å². The van der Waals surface area contributed by atoms with Gasteiger partial charge in [0.2, 0.25) is 0 Å². The van der Waals surface area contributed by atoms with E-state index < -0.39 is 0 Å². The fourth-order valence-electron chi connectivity index (χ4n) is 2.43. The molecule has 6 nitrogen and oxygen atoms in total. The molecule has 0 saturated carbocycles. The smallest absolute Gasteiger partial charge is 0.255 e. The second-order valence-electron chi connectivity index (χ2n) is 4.61. The van der Waals surface area contributed by atoms with Gasteiger partial charge in [0.05, 0.1) is 0 Å². The highest BCUT2D eigenvalue weighted by atomic mass is 35.5. The molecule has 1 fully saturated rings. The minimum Gasteiger partial charge on any atom is -0.396 e. The summed E-state index contributed by atoms with van der Waals surface area (Å²) in [6, 6.07) is 0. The zero-order chi connectivity index (χ0) is 12.7. The molecule has 18 heavy (non-hydrogen) atoms. The van der Waals surface area contributed by atoms with Gasteiger partial charge in [-0.3, -0.25) is 0 Å². The maximum absolute atomic E-state index is 9.23. The number of hydrogen-bond donors (Lipinski definition) is 1. The average molecular weight is 268 g/mol. The Balaban J connectivity index is 2.10. The van der Waals surface area contributed by atoms with Gasteiger partial charge < -0.3 is 10.0 Å². The lowest BCUT2D eigenvalue weighted by atomic mass is 10.1. The lowest BCUT2D eigenvalue weighted by molar-refractivity contribution is 0.238. The molecule has 96 valence electrons. The van der Waals surface area contributed by atoms with Crippen molar-refractivity contribution >= 4 is 23.2 Å². The van der Waals surface area contributed by atoms with Gasteiger partial charge in [-0.15, -0.1) is 0 Å². The van der Waals surface area contributed by atoms with E-state index in [1.54, 1.807) is 4.52 Å². The molecule has 0 amide bonds. The molecule has 1 N–H and O–H groups in total. The normalized spacial score (nSPS) is 19.9. The third kappa shape index (κ3) is 1.72. The minimum absolute atomic E-state index is 0.217. The number of nitrogens with zero attached hydrogens (tertiary/aromatic N) is 5. The molecular formula is C11H14ClN5O. The standard InChI is InChI=1S/C11H14ClN5O/c1-7-9(12)15-11-13-6-14-17(11)10(7)16-3-2-8(4-16)5-18/h6,8,18H,2-5H2,1H3. The molecule has 0 bridgehead atoms. The lowest BCUT2D eigenvalue weighted by Gasteiger charge is -2.21. The molecule has 3 rings (SSSR count). The van der Waals surface area contributed by atoms with Gasteiger partial charge in [-0.2, -0.15) is 19.6 Å². The highest BCUT2D eigenvalue weighted by Gasteiger charge is 2.26. The number of rotatable bonds is 2. The molecule has 0 spiro atoms. The number of aliphatic hydroxyl groups excluding tert-OH is 1. The Morgan fingerprint density at radius 1 is 1.56 bits per heavy atom. The molecule has 1 saturated heterocycles. The van der Waals surface area contributed by atoms with E-state index in [1.807, 2.05) is 6.92 Å². The SMILES string of the molecule is Cc1c(Cl)nc2ncnn2c1N1CCC(CO)C1. The summed E-state index contributed by atoms with van der Waals surface area (Å²) in [5.41, 5.74) is 0.897. The third-order valence-electron chi connectivity index (χ3n) is 3.42. The quantitative estimate of drug-likeness (QED) is 0.819. The van der Waals surface area contributed by atoms with Crippen molar-refractivity contribution in [3.05, 3.63) is 17.0 Å². The summed E-state index contributed by atoms with van der Waals surface area (Å²) in [4.78, 5) is 10.4. The predicted molar refractivity (Wildman–Crippen MR) is 67.9 cm³/mol. The molecule has 0 aromatic carbocycles. The first-order chi connectivity index (χ1) is 8.70. The van der Waals surface area contributed by atoms with Gasteiger partial charge in [0.15, 0.2) is 0 Å². The second kappa shape index (κ2) is 4.37. The molecule has 1 unspecified atom stereocenters. The molecule has 0 radical (unpaired) electrons. The zero-order valence-corrected chi connectivity index (χ0v) is 10.8. The van der Waals surface area contributed by atoms with Crippen molar-refractivity contribution in [1.29, 1.82) is 0 Å². The third-order valence-corrected chi connectivity index (χ3v) is 3.78. The summed E-state index contributed by atoms with van der Waals surface area (Å²) >= 11 is 6.13. The van der Waals surface area contributed by atoms with E-state index in [9.17, 15) is 5.11 Å². The van der Waals surface area contributed by atoms with Crippen LogP contribution in [0.2, 0.25) is 5.15 Å². The molecule has 1 aliphatic heterocycles. The Labute approximate surface area is 109 Å². The van der Waals surface area contributed by atoms with E-state index in [2.05, 4.69) is 20.0 Å². The van der Waals surface area contributed by atoms with E-state index in [0.29, 0.717) is 16.8 Å². The maximum atomic E-state index is 9.23. The van der Waals surface area contributed by atoms with Crippen LogP contribution < -0.4 is 4.90 Å². The van der Waals surface area contributed by atoms with Crippen molar-refractivity contribution in [2.24, 2.45) is 5.92 Å². The summed E-state index contributed by atoms with van der Waals surface area (Å²) in [7, 11) is 0. The number of aromatic nitrogens is 4. The molecule has 1 aliphatic rings. The summed E-state index contributed by atoms with van der Waals surface area (Å²) in [6.45, 7) is 3.85. The maximum Gasteiger partial charge on any atom is 0.255 e. The van der Waals surface area contributed by atoms with Crippen molar-refractivity contribution in [2.75, 3.05) is 24.6 Å². The second-order valence-corrected chi connectivity index (χ2v) is 4.96. The van der Waals surface area contributed by atoms with Gasteiger partial charge in [-0.25, -0.2) is 0 Å². The largest absolute Gasteiger partial charge is 0.396 e. The number of anilines is 1. The van der Waals surface area contributed by atoms with E-state index in [0.717, 1.165) is 30.9 Å². The highest BCUT2D eigenvalue weighted by molar-refractivity contribution is 6.30. The Morgan fingerprint density at radius 3 is 3.11 bits per heavy atom. The predicted octanol–water partition coefficient (Wildman–Crippen LogP) is 0.905. The number of aliphatic hydroxyl groups is 1. The minimum atomic E-state index is 0.217. The van der Waals surface area contributed by atoms with Crippen molar-refractivity contribution in [2.45, 2.75) is 13.3 Å². The number of halogens is 1. The zero-order valence-electron chi connectivity index (χ0n) is 10.0. The topological polar surface area (TPSA) is 66.5 Å². The van der Waals surface area contributed by atoms with E-state index in [4.69, 9.17) is 11.6 Å². The van der Waals surface area contributed by atoms with E-state index >= 15 is 0 Å². The van der Waals surface area contributed by atoms with Crippen molar-refractivity contribution < 1.29 is 5.11 Å². The van der Waals surface area contributed by atoms with Crippen LogP contribution in [0, 0.1) is 12.8 Å². The Morgan fingerprint density at radius 2 is 2.39 bits per heavy atom. The average Bonchev–Trinajstić information content (AvgIpc) is 2.99. The lowest BCUT2D eigenvalue weighted by Crippen LogP contribution is -2.24. The molecular weight excluding hydrogens is 254 g/mol. The first kappa shape index (κ1) is 11.7. The van der Waals surface area contributed by atoms with Gasteiger partial charge in [-0.05, 0) is 13.3 Å². The fourth-order valence-corrected chi connectivity index (χ4v) is 2.59. The summed E-state index contributed by atoms with van der Waals surface area (Å²) in [5, 5.41) is 13.9. The van der Waals surface area contributed by atoms with Gasteiger partial charge >= 0.3 is 0 Å². The molecule has 0 aliphatic carbocycles.